The van der Waals surface area contributed by atoms with Crippen LogP contribution in [0.4, 0.5) is 0 Å². The highest BCUT2D eigenvalue weighted by Gasteiger charge is 2.35. The summed E-state index contributed by atoms with van der Waals surface area (Å²) in [7, 11) is 0. The van der Waals surface area contributed by atoms with E-state index >= 15 is 0 Å². The maximum atomic E-state index is 9.08. The van der Waals surface area contributed by atoms with Gasteiger partial charge in [0.2, 0.25) is 0 Å². The number of epoxide rings is 1. The van der Waals surface area contributed by atoms with E-state index in [2.05, 4.69) is 0 Å². The van der Waals surface area contributed by atoms with Crippen molar-refractivity contribution < 1.29 is 14.9 Å². The van der Waals surface area contributed by atoms with E-state index in [1.165, 1.54) is 0 Å². The topological polar surface area (TPSA) is 53.0 Å². The molecule has 0 amide bonds. The van der Waals surface area contributed by atoms with Crippen LogP contribution < -0.4 is 0 Å². The van der Waals surface area contributed by atoms with E-state index in [1.807, 2.05) is 6.92 Å². The molecule has 0 radical (unpaired) electrons. The number of hydrogen-bond donors (Lipinski definition) is 2. The summed E-state index contributed by atoms with van der Waals surface area (Å²) >= 11 is 0. The molecule has 0 aliphatic carbocycles. The molecule has 1 heterocycles. The van der Waals surface area contributed by atoms with Gasteiger partial charge in [-0.1, -0.05) is 6.92 Å². The zero-order chi connectivity index (χ0) is 6.85. The van der Waals surface area contributed by atoms with E-state index in [0.717, 1.165) is 0 Å². The first-order chi connectivity index (χ1) is 4.25. The van der Waals surface area contributed by atoms with Crippen molar-refractivity contribution in [3.8, 4) is 0 Å². The summed E-state index contributed by atoms with van der Waals surface area (Å²) < 4.78 is 4.78. The largest absolute Gasteiger partial charge is 0.390 e. The van der Waals surface area contributed by atoms with Gasteiger partial charge in [-0.15, -0.1) is 0 Å². The first-order valence-electron chi connectivity index (χ1n) is 3.23. The Balaban J connectivity index is 2.22. The highest BCUT2D eigenvalue weighted by atomic mass is 16.6. The quantitative estimate of drug-likeness (QED) is 0.510. The predicted octanol–water partition coefficient (Wildman–Crippen LogP) is -0.483. The van der Waals surface area contributed by atoms with Crippen LogP contribution in [0.3, 0.4) is 0 Å². The van der Waals surface area contributed by atoms with Crippen molar-refractivity contribution in [1.29, 1.82) is 0 Å². The molecule has 9 heavy (non-hydrogen) atoms. The average molecular weight is 132 g/mol. The Labute approximate surface area is 54.3 Å². The van der Waals surface area contributed by atoms with Gasteiger partial charge in [0.1, 0.15) is 12.2 Å². The molecule has 1 saturated heterocycles. The lowest BCUT2D eigenvalue weighted by atomic mass is 10.1. The van der Waals surface area contributed by atoms with Gasteiger partial charge >= 0.3 is 0 Å². The molecule has 1 aliphatic rings. The highest BCUT2D eigenvalue weighted by Crippen LogP contribution is 2.17. The summed E-state index contributed by atoms with van der Waals surface area (Å²) in [5.41, 5.74) is 0. The molecule has 0 aromatic carbocycles. The lowest BCUT2D eigenvalue weighted by molar-refractivity contribution is 0.00130. The van der Waals surface area contributed by atoms with Crippen molar-refractivity contribution in [2.24, 2.45) is 0 Å². The number of rotatable bonds is 3. The molecule has 0 spiro atoms. The average Bonchev–Trinajstić information content (AvgIpc) is 2.66. The van der Waals surface area contributed by atoms with Crippen LogP contribution in [0, 0.1) is 0 Å². The monoisotopic (exact) mass is 132 g/mol. The molecule has 1 fully saturated rings. The summed E-state index contributed by atoms with van der Waals surface area (Å²) in [6.07, 6.45) is -0.798. The van der Waals surface area contributed by atoms with Crippen LogP contribution in [0.25, 0.3) is 0 Å². The van der Waals surface area contributed by atoms with Gasteiger partial charge in [-0.25, -0.2) is 0 Å². The van der Waals surface area contributed by atoms with Crippen molar-refractivity contribution in [2.75, 3.05) is 6.61 Å². The Morgan fingerprint density at radius 1 is 1.67 bits per heavy atom. The number of hydrogen-bond acceptors (Lipinski definition) is 3. The summed E-state index contributed by atoms with van der Waals surface area (Å²) in [6.45, 7) is 2.43. The molecular formula is C6H12O3. The molecule has 1 aliphatic heterocycles. The van der Waals surface area contributed by atoms with E-state index in [0.29, 0.717) is 13.0 Å². The molecule has 0 saturated carbocycles. The number of aliphatic hydroxyl groups excluding tert-OH is 2. The first kappa shape index (κ1) is 6.99. The predicted molar refractivity (Wildman–Crippen MR) is 32.0 cm³/mol. The van der Waals surface area contributed by atoms with Crippen LogP contribution in [-0.2, 0) is 4.74 Å². The summed E-state index contributed by atoms with van der Waals surface area (Å²) in [4.78, 5) is 0. The molecule has 3 nitrogen and oxygen atoms in total. The van der Waals surface area contributed by atoms with Gasteiger partial charge in [0.25, 0.3) is 0 Å². The third-order valence-corrected chi connectivity index (χ3v) is 1.55. The normalized spacial score (nSPS) is 31.7. The second-order valence-electron chi connectivity index (χ2n) is 2.34. The fourth-order valence-electron chi connectivity index (χ4n) is 0.742. The smallest absolute Gasteiger partial charge is 0.109 e. The maximum Gasteiger partial charge on any atom is 0.109 e. The van der Waals surface area contributed by atoms with Gasteiger partial charge < -0.3 is 14.9 Å². The van der Waals surface area contributed by atoms with Crippen LogP contribution >= 0.6 is 0 Å². The lowest BCUT2D eigenvalue weighted by Gasteiger charge is -2.12. The Morgan fingerprint density at radius 3 is 2.56 bits per heavy atom. The first-order valence-corrected chi connectivity index (χ1v) is 3.23. The van der Waals surface area contributed by atoms with E-state index in [9.17, 15) is 0 Å². The fraction of sp³-hybridized carbons (Fsp3) is 1.00. The Hall–Kier alpha value is -0.120. The van der Waals surface area contributed by atoms with Crippen molar-refractivity contribution >= 4 is 0 Å². The minimum atomic E-state index is -0.671. The molecule has 54 valence electrons. The molecule has 1 rings (SSSR count). The molecule has 3 heteroatoms. The van der Waals surface area contributed by atoms with Crippen molar-refractivity contribution in [2.45, 2.75) is 31.7 Å². The number of ether oxygens (including phenoxy) is 1. The Kier molecular flexibility index (Phi) is 2.05. The third-order valence-electron chi connectivity index (χ3n) is 1.55. The molecular weight excluding hydrogens is 120 g/mol. The summed E-state index contributed by atoms with van der Waals surface area (Å²) in [5, 5.41) is 18.1. The van der Waals surface area contributed by atoms with Crippen molar-refractivity contribution in [3.63, 3.8) is 0 Å². The van der Waals surface area contributed by atoms with Gasteiger partial charge in [0.15, 0.2) is 0 Å². The standard InChI is InChI=1S/C6H12O3/c1-2-4(7)6(8)5-3-9-5/h4-8H,2-3H2,1H3/t4-,5-,6+/m0/s1. The van der Waals surface area contributed by atoms with E-state index in [1.54, 1.807) is 0 Å². The maximum absolute atomic E-state index is 9.08. The van der Waals surface area contributed by atoms with Crippen LogP contribution in [0.5, 0.6) is 0 Å². The van der Waals surface area contributed by atoms with Gasteiger partial charge in [-0.05, 0) is 6.42 Å². The van der Waals surface area contributed by atoms with E-state index in [4.69, 9.17) is 14.9 Å². The van der Waals surface area contributed by atoms with Crippen LogP contribution in [0.1, 0.15) is 13.3 Å². The molecule has 0 aromatic rings. The van der Waals surface area contributed by atoms with Crippen molar-refractivity contribution in [3.05, 3.63) is 0 Å². The van der Waals surface area contributed by atoms with E-state index in [-0.39, 0.29) is 6.10 Å². The zero-order valence-corrected chi connectivity index (χ0v) is 5.45. The van der Waals surface area contributed by atoms with Crippen LogP contribution in [-0.4, -0.2) is 35.1 Å². The summed E-state index contributed by atoms with van der Waals surface area (Å²) in [6, 6.07) is 0. The lowest BCUT2D eigenvalue weighted by Crippen LogP contribution is -2.30. The van der Waals surface area contributed by atoms with Gasteiger partial charge in [-0.3, -0.25) is 0 Å². The van der Waals surface area contributed by atoms with Gasteiger partial charge in [-0.2, -0.15) is 0 Å². The SMILES string of the molecule is CC[C@H](O)[C@@H](O)[C@@H]1CO1. The second kappa shape index (κ2) is 2.64. The second-order valence-corrected chi connectivity index (χ2v) is 2.34. The summed E-state index contributed by atoms with van der Waals surface area (Å²) in [5.74, 6) is 0. The molecule has 0 unspecified atom stereocenters. The molecule has 0 bridgehead atoms. The Morgan fingerprint density at radius 2 is 2.22 bits per heavy atom. The van der Waals surface area contributed by atoms with Gasteiger partial charge in [0, 0.05) is 0 Å². The molecule has 2 N–H and O–H groups in total. The molecule has 0 aromatic heterocycles. The number of aliphatic hydroxyl groups is 2. The third kappa shape index (κ3) is 1.64. The van der Waals surface area contributed by atoms with Crippen LogP contribution in [0.15, 0.2) is 0 Å². The highest BCUT2D eigenvalue weighted by molar-refractivity contribution is 4.82. The van der Waals surface area contributed by atoms with Crippen LogP contribution in [0.2, 0.25) is 0 Å². The molecule has 3 atom stereocenters. The van der Waals surface area contributed by atoms with E-state index < -0.39 is 12.2 Å². The fourth-order valence-corrected chi connectivity index (χ4v) is 0.742. The van der Waals surface area contributed by atoms with Crippen molar-refractivity contribution in [1.82, 2.24) is 0 Å². The minimum Gasteiger partial charge on any atom is -0.390 e. The minimum absolute atomic E-state index is 0.0973. The van der Waals surface area contributed by atoms with Gasteiger partial charge in [0.05, 0.1) is 12.7 Å². The Bertz CT molecular complexity index is 90.3. The zero-order valence-electron chi connectivity index (χ0n) is 5.45.